The van der Waals surface area contributed by atoms with E-state index in [1.54, 1.807) is 37.6 Å². The number of halogens is 3. The number of rotatable bonds is 8. The van der Waals surface area contributed by atoms with Crippen molar-refractivity contribution in [3.63, 3.8) is 0 Å². The number of hydrogen-bond acceptors (Lipinski definition) is 5. The van der Waals surface area contributed by atoms with Gasteiger partial charge in [-0.05, 0) is 54.4 Å². The number of ether oxygens (including phenoxy) is 2. The maximum atomic E-state index is 13.4. The highest BCUT2D eigenvalue weighted by atomic mass is 79.9. The lowest BCUT2D eigenvalue weighted by Gasteiger charge is -2.15. The number of fused-ring (bicyclic) bond motifs is 1. The first-order valence-corrected chi connectivity index (χ1v) is 12.9. The summed E-state index contributed by atoms with van der Waals surface area (Å²) < 4.78 is 13.8. The summed E-state index contributed by atoms with van der Waals surface area (Å²) in [6.07, 6.45) is 2.40. The first-order chi connectivity index (χ1) is 17.3. The Morgan fingerprint density at radius 2 is 1.94 bits per heavy atom. The van der Waals surface area contributed by atoms with Gasteiger partial charge >= 0.3 is 0 Å². The predicted molar refractivity (Wildman–Crippen MR) is 149 cm³/mol. The van der Waals surface area contributed by atoms with Crippen LogP contribution < -0.4 is 15.0 Å². The van der Waals surface area contributed by atoms with Crippen molar-refractivity contribution in [3.8, 4) is 11.5 Å². The van der Waals surface area contributed by atoms with Gasteiger partial charge in [0.15, 0.2) is 11.5 Å². The Morgan fingerprint density at radius 3 is 2.67 bits per heavy atom. The minimum absolute atomic E-state index is 0.0265. The molecule has 0 radical (unpaired) electrons. The zero-order chi connectivity index (χ0) is 25.8. The third-order valence-electron chi connectivity index (χ3n) is 5.80. The summed E-state index contributed by atoms with van der Waals surface area (Å²) in [4.78, 5) is 18.2. The third-order valence-corrected chi connectivity index (χ3v) is 7.03. The summed E-state index contributed by atoms with van der Waals surface area (Å²) >= 11 is 15.6. The standard InChI is InChI=1S/C27H24BrCl2N3O3/c1-4-16(2)26-32-23-11-9-19(28)13-20(23)27(34)33(26)31-14-18-6-5-7-24(35-3)25(18)36-15-17-8-10-21(29)22(30)12-17/h5-14,16H,4,15H2,1-3H3/t16-/m1/s1. The second-order valence-electron chi connectivity index (χ2n) is 8.22. The smallest absolute Gasteiger partial charge is 0.282 e. The van der Waals surface area contributed by atoms with Gasteiger partial charge < -0.3 is 9.47 Å². The largest absolute Gasteiger partial charge is 0.493 e. The van der Waals surface area contributed by atoms with E-state index in [2.05, 4.69) is 21.0 Å². The van der Waals surface area contributed by atoms with Gasteiger partial charge in [-0.1, -0.05) is 65.1 Å². The molecule has 0 saturated carbocycles. The zero-order valence-corrected chi connectivity index (χ0v) is 23.1. The van der Waals surface area contributed by atoms with Crippen LogP contribution in [0.1, 0.15) is 43.1 Å². The van der Waals surface area contributed by atoms with Crippen LogP contribution in [-0.4, -0.2) is 23.0 Å². The summed E-state index contributed by atoms with van der Waals surface area (Å²) in [5.41, 5.74) is 1.88. The fourth-order valence-corrected chi connectivity index (χ4v) is 4.32. The van der Waals surface area contributed by atoms with Gasteiger partial charge in [0.2, 0.25) is 0 Å². The van der Waals surface area contributed by atoms with Crippen molar-refractivity contribution in [1.29, 1.82) is 0 Å². The van der Waals surface area contributed by atoms with Crippen molar-refractivity contribution in [2.24, 2.45) is 5.10 Å². The normalized spacial score (nSPS) is 12.3. The average molecular weight is 589 g/mol. The Balaban J connectivity index is 1.76. The van der Waals surface area contributed by atoms with Crippen LogP contribution in [0.15, 0.2) is 69.0 Å². The van der Waals surface area contributed by atoms with E-state index in [1.165, 1.54) is 4.68 Å². The Morgan fingerprint density at radius 1 is 1.14 bits per heavy atom. The fourth-order valence-electron chi connectivity index (χ4n) is 3.63. The highest BCUT2D eigenvalue weighted by molar-refractivity contribution is 9.10. The Bertz CT molecular complexity index is 1500. The minimum atomic E-state index is -0.242. The van der Waals surface area contributed by atoms with E-state index in [4.69, 9.17) is 37.7 Å². The number of aromatic nitrogens is 2. The number of methoxy groups -OCH3 is 1. The first-order valence-electron chi connectivity index (χ1n) is 11.3. The van der Waals surface area contributed by atoms with E-state index < -0.39 is 0 Å². The molecule has 0 amide bonds. The van der Waals surface area contributed by atoms with Crippen molar-refractivity contribution in [2.45, 2.75) is 32.8 Å². The molecular formula is C27H24BrCl2N3O3. The van der Waals surface area contributed by atoms with Crippen LogP contribution >= 0.6 is 39.1 Å². The molecule has 1 aromatic heterocycles. The van der Waals surface area contributed by atoms with Crippen LogP contribution in [0.3, 0.4) is 0 Å². The van der Waals surface area contributed by atoms with Gasteiger partial charge in [0, 0.05) is 16.0 Å². The second kappa shape index (κ2) is 11.5. The van der Waals surface area contributed by atoms with Crippen LogP contribution in [0.5, 0.6) is 11.5 Å². The molecule has 4 aromatic rings. The quantitative estimate of drug-likeness (QED) is 0.200. The molecule has 6 nitrogen and oxygen atoms in total. The van der Waals surface area contributed by atoms with Crippen molar-refractivity contribution < 1.29 is 9.47 Å². The zero-order valence-electron chi connectivity index (χ0n) is 20.0. The van der Waals surface area contributed by atoms with E-state index >= 15 is 0 Å². The summed E-state index contributed by atoms with van der Waals surface area (Å²) in [5, 5.41) is 5.98. The van der Waals surface area contributed by atoms with Gasteiger partial charge in [-0.2, -0.15) is 9.78 Å². The number of nitrogens with zero attached hydrogens (tertiary/aromatic N) is 3. The van der Waals surface area contributed by atoms with Crippen molar-refractivity contribution >= 4 is 56.2 Å². The highest BCUT2D eigenvalue weighted by Crippen LogP contribution is 2.32. The summed E-state index contributed by atoms with van der Waals surface area (Å²) in [6, 6.07) is 16.3. The molecule has 0 aliphatic carbocycles. The van der Waals surface area contributed by atoms with E-state index in [9.17, 15) is 4.79 Å². The molecule has 1 heterocycles. The Kier molecular flexibility index (Phi) is 8.34. The van der Waals surface area contributed by atoms with Crippen LogP contribution in [0, 0.1) is 0 Å². The van der Waals surface area contributed by atoms with Gasteiger partial charge in [-0.3, -0.25) is 4.79 Å². The molecule has 0 spiro atoms. The summed E-state index contributed by atoms with van der Waals surface area (Å²) in [7, 11) is 1.57. The lowest BCUT2D eigenvalue weighted by molar-refractivity contribution is 0.284. The lowest BCUT2D eigenvalue weighted by Crippen LogP contribution is -2.23. The average Bonchev–Trinajstić information content (AvgIpc) is 2.88. The molecular weight excluding hydrogens is 565 g/mol. The van der Waals surface area contributed by atoms with Crippen molar-refractivity contribution in [2.75, 3.05) is 7.11 Å². The maximum absolute atomic E-state index is 13.4. The summed E-state index contributed by atoms with van der Waals surface area (Å²) in [6.45, 7) is 4.31. The van der Waals surface area contributed by atoms with Gasteiger partial charge in [-0.25, -0.2) is 4.98 Å². The monoisotopic (exact) mass is 587 g/mol. The first kappa shape index (κ1) is 26.2. The maximum Gasteiger partial charge on any atom is 0.282 e. The number of hydrogen-bond donors (Lipinski definition) is 0. The van der Waals surface area contributed by atoms with Crippen LogP contribution in [0.2, 0.25) is 10.0 Å². The minimum Gasteiger partial charge on any atom is -0.493 e. The van der Waals surface area contributed by atoms with E-state index in [0.717, 1.165) is 16.5 Å². The number of benzene rings is 3. The molecule has 9 heteroatoms. The molecule has 0 saturated heterocycles. The van der Waals surface area contributed by atoms with Crippen LogP contribution in [0.4, 0.5) is 0 Å². The number of para-hydroxylation sites is 1. The van der Waals surface area contributed by atoms with E-state index in [1.807, 2.05) is 44.2 Å². The topological polar surface area (TPSA) is 65.7 Å². The summed E-state index contributed by atoms with van der Waals surface area (Å²) in [5.74, 6) is 1.65. The SMILES string of the molecule is CC[C@@H](C)c1nc2ccc(Br)cc2c(=O)n1N=Cc1cccc(OC)c1OCc1ccc(Cl)c(Cl)c1. The molecule has 0 N–H and O–H groups in total. The molecule has 0 fully saturated rings. The van der Waals surface area contributed by atoms with Gasteiger partial charge in [0.25, 0.3) is 5.56 Å². The van der Waals surface area contributed by atoms with E-state index in [0.29, 0.717) is 43.8 Å². The third kappa shape index (κ3) is 5.59. The highest BCUT2D eigenvalue weighted by Gasteiger charge is 2.16. The molecule has 0 aliphatic rings. The van der Waals surface area contributed by atoms with Crippen molar-refractivity contribution in [3.05, 3.63) is 96.4 Å². The molecule has 4 rings (SSSR count). The lowest BCUT2D eigenvalue weighted by atomic mass is 10.1. The van der Waals surface area contributed by atoms with Crippen LogP contribution in [-0.2, 0) is 6.61 Å². The second-order valence-corrected chi connectivity index (χ2v) is 9.95. The molecule has 1 atom stereocenters. The molecule has 36 heavy (non-hydrogen) atoms. The van der Waals surface area contributed by atoms with Crippen LogP contribution in [0.25, 0.3) is 10.9 Å². The molecule has 0 bridgehead atoms. The van der Waals surface area contributed by atoms with Gasteiger partial charge in [-0.15, -0.1) is 0 Å². The fraction of sp³-hybridized carbons (Fsp3) is 0.222. The van der Waals surface area contributed by atoms with Gasteiger partial charge in [0.1, 0.15) is 12.4 Å². The molecule has 3 aromatic carbocycles. The molecule has 0 aliphatic heterocycles. The van der Waals surface area contributed by atoms with Crippen molar-refractivity contribution in [1.82, 2.24) is 9.66 Å². The Hall–Kier alpha value is -2.87. The van der Waals surface area contributed by atoms with Gasteiger partial charge in [0.05, 0.1) is 34.3 Å². The Labute approximate surface area is 227 Å². The predicted octanol–water partition coefficient (Wildman–Crippen LogP) is 7.45. The molecule has 0 unspecified atom stereocenters. The molecule has 186 valence electrons. The van der Waals surface area contributed by atoms with E-state index in [-0.39, 0.29) is 18.1 Å².